The maximum Gasteiger partial charge on any atom is 0.331 e. The summed E-state index contributed by atoms with van der Waals surface area (Å²) in [6.07, 6.45) is 6.35. The van der Waals surface area contributed by atoms with Gasteiger partial charge in [-0.1, -0.05) is 50.1 Å². The number of methoxy groups -OCH3 is 1. The number of benzene rings is 1. The highest BCUT2D eigenvalue weighted by Gasteiger charge is 2.31. The molecule has 0 aliphatic heterocycles. The lowest BCUT2D eigenvalue weighted by Gasteiger charge is -2.29. The molecule has 0 saturated carbocycles. The molecule has 146 valence electrons. The van der Waals surface area contributed by atoms with Crippen molar-refractivity contribution < 1.29 is 19.2 Å². The van der Waals surface area contributed by atoms with Crippen molar-refractivity contribution in [1.29, 1.82) is 0 Å². The minimum Gasteiger partial charge on any atom is -0.467 e. The average Bonchev–Trinajstić information content (AvgIpc) is 2.68. The van der Waals surface area contributed by atoms with Gasteiger partial charge in [-0.2, -0.15) is 11.8 Å². The summed E-state index contributed by atoms with van der Waals surface area (Å²) in [4.78, 5) is 30.8. The Bertz CT molecular complexity index is 524. The predicted octanol–water partition coefficient (Wildman–Crippen LogP) is 3.86. The van der Waals surface area contributed by atoms with Crippen molar-refractivity contribution in [1.82, 2.24) is 5.06 Å². The highest BCUT2D eigenvalue weighted by Crippen LogP contribution is 2.15. The molecule has 0 N–H and O–H groups in total. The van der Waals surface area contributed by atoms with Crippen LogP contribution in [0.25, 0.3) is 0 Å². The minimum atomic E-state index is -0.697. The molecule has 0 aliphatic rings. The summed E-state index contributed by atoms with van der Waals surface area (Å²) in [7, 11) is 1.35. The van der Waals surface area contributed by atoms with Crippen LogP contribution < -0.4 is 0 Å². The Balaban J connectivity index is 2.78. The van der Waals surface area contributed by atoms with Crippen LogP contribution in [0, 0.1) is 0 Å². The van der Waals surface area contributed by atoms with Gasteiger partial charge in [0.05, 0.1) is 13.7 Å². The molecule has 6 heteroatoms. The second-order valence-electron chi connectivity index (χ2n) is 6.07. The van der Waals surface area contributed by atoms with Gasteiger partial charge in [0.25, 0.3) is 0 Å². The smallest absolute Gasteiger partial charge is 0.331 e. The van der Waals surface area contributed by atoms with Crippen molar-refractivity contribution in [2.75, 3.05) is 25.7 Å². The number of aryl methyl sites for hydroxylation is 1. The van der Waals surface area contributed by atoms with E-state index in [1.54, 1.807) is 11.8 Å². The Morgan fingerprint density at radius 2 is 1.92 bits per heavy atom. The summed E-state index contributed by atoms with van der Waals surface area (Å²) < 4.78 is 4.91. The number of amides is 1. The SMILES string of the molecule is CCCCCON(C(=O)CCc1ccccc1)[C@@H](CCSC)C(=O)OC. The summed E-state index contributed by atoms with van der Waals surface area (Å²) >= 11 is 1.63. The van der Waals surface area contributed by atoms with Crippen LogP contribution >= 0.6 is 11.8 Å². The van der Waals surface area contributed by atoms with Gasteiger partial charge in [0.1, 0.15) is 0 Å². The zero-order valence-corrected chi connectivity index (χ0v) is 16.9. The number of esters is 1. The molecule has 1 rings (SSSR count). The number of hydrogen-bond donors (Lipinski definition) is 0. The van der Waals surface area contributed by atoms with Crippen molar-refractivity contribution in [3.8, 4) is 0 Å². The van der Waals surface area contributed by atoms with E-state index >= 15 is 0 Å². The fourth-order valence-electron chi connectivity index (χ4n) is 2.55. The molecule has 1 aromatic rings. The van der Waals surface area contributed by atoms with E-state index < -0.39 is 12.0 Å². The van der Waals surface area contributed by atoms with Gasteiger partial charge in [0.15, 0.2) is 6.04 Å². The molecule has 0 saturated heterocycles. The van der Waals surface area contributed by atoms with E-state index in [0.717, 1.165) is 30.6 Å². The summed E-state index contributed by atoms with van der Waals surface area (Å²) in [5, 5.41) is 1.26. The molecule has 26 heavy (non-hydrogen) atoms. The summed E-state index contributed by atoms with van der Waals surface area (Å²) in [6, 6.07) is 9.14. The third-order valence-corrected chi connectivity index (χ3v) is 4.69. The Morgan fingerprint density at radius 1 is 1.19 bits per heavy atom. The molecule has 0 fully saturated rings. The van der Waals surface area contributed by atoms with Crippen LogP contribution in [0.4, 0.5) is 0 Å². The van der Waals surface area contributed by atoms with Gasteiger partial charge in [-0.05, 0) is 36.8 Å². The highest BCUT2D eigenvalue weighted by atomic mass is 32.2. The number of carbonyl (C=O) groups excluding carboxylic acids is 2. The molecule has 1 amide bonds. The summed E-state index contributed by atoms with van der Waals surface area (Å²) in [5.41, 5.74) is 1.09. The Labute approximate surface area is 161 Å². The monoisotopic (exact) mass is 381 g/mol. The zero-order chi connectivity index (χ0) is 19.2. The Morgan fingerprint density at radius 3 is 2.54 bits per heavy atom. The third-order valence-electron chi connectivity index (χ3n) is 4.05. The predicted molar refractivity (Wildman–Crippen MR) is 106 cm³/mol. The van der Waals surface area contributed by atoms with Gasteiger partial charge in [-0.25, -0.2) is 9.86 Å². The molecule has 0 radical (unpaired) electrons. The standard InChI is InChI=1S/C20H31NO4S/c1-4-5-9-15-25-21(18(14-16-26-3)20(23)24-2)19(22)13-12-17-10-7-6-8-11-17/h6-8,10-11,18H,4-5,9,12-16H2,1-3H3/t18-/m0/s1. The molecule has 1 atom stereocenters. The normalized spacial score (nSPS) is 11.8. The lowest BCUT2D eigenvalue weighted by Crippen LogP contribution is -2.46. The summed E-state index contributed by atoms with van der Waals surface area (Å²) in [5.74, 6) is 0.144. The second kappa shape index (κ2) is 13.6. The number of thioether (sulfide) groups is 1. The first kappa shape index (κ1) is 22.5. The van der Waals surface area contributed by atoms with Crippen LogP contribution in [0.15, 0.2) is 30.3 Å². The number of nitrogens with zero attached hydrogens (tertiary/aromatic N) is 1. The average molecular weight is 382 g/mol. The number of hydroxylamine groups is 2. The molecule has 0 heterocycles. The van der Waals surface area contributed by atoms with Crippen molar-refractivity contribution in [3.63, 3.8) is 0 Å². The van der Waals surface area contributed by atoms with E-state index in [2.05, 4.69) is 6.92 Å². The highest BCUT2D eigenvalue weighted by molar-refractivity contribution is 7.98. The number of hydrogen-bond acceptors (Lipinski definition) is 5. The number of ether oxygens (including phenoxy) is 1. The zero-order valence-electron chi connectivity index (χ0n) is 16.1. The maximum absolute atomic E-state index is 12.8. The van der Waals surface area contributed by atoms with Crippen LogP contribution in [0.5, 0.6) is 0 Å². The van der Waals surface area contributed by atoms with Gasteiger partial charge < -0.3 is 4.74 Å². The van der Waals surface area contributed by atoms with E-state index in [1.807, 2.05) is 36.6 Å². The van der Waals surface area contributed by atoms with Crippen LogP contribution in [-0.4, -0.2) is 48.7 Å². The first-order chi connectivity index (χ1) is 12.6. The fourth-order valence-corrected chi connectivity index (χ4v) is 3.01. The van der Waals surface area contributed by atoms with Gasteiger partial charge in [0, 0.05) is 6.42 Å². The van der Waals surface area contributed by atoms with Crippen molar-refractivity contribution in [2.24, 2.45) is 0 Å². The lowest BCUT2D eigenvalue weighted by molar-refractivity contribution is -0.208. The lowest BCUT2D eigenvalue weighted by atomic mass is 10.1. The van der Waals surface area contributed by atoms with Crippen LogP contribution in [-0.2, 0) is 25.6 Å². The first-order valence-electron chi connectivity index (χ1n) is 9.19. The topological polar surface area (TPSA) is 55.8 Å². The van der Waals surface area contributed by atoms with E-state index in [0.29, 0.717) is 25.9 Å². The summed E-state index contributed by atoms with van der Waals surface area (Å²) in [6.45, 7) is 2.54. The van der Waals surface area contributed by atoms with Gasteiger partial charge >= 0.3 is 5.97 Å². The van der Waals surface area contributed by atoms with Crippen LogP contribution in [0.2, 0.25) is 0 Å². The van der Waals surface area contributed by atoms with Crippen LogP contribution in [0.1, 0.15) is 44.6 Å². The van der Waals surface area contributed by atoms with Crippen molar-refractivity contribution >= 4 is 23.6 Å². The molecule has 0 spiro atoms. The van der Waals surface area contributed by atoms with E-state index in [-0.39, 0.29) is 5.91 Å². The minimum absolute atomic E-state index is 0.179. The van der Waals surface area contributed by atoms with Crippen molar-refractivity contribution in [2.45, 2.75) is 51.5 Å². The second-order valence-corrected chi connectivity index (χ2v) is 7.05. The molecule has 0 unspecified atom stereocenters. The molecule has 0 aromatic heterocycles. The Kier molecular flexibility index (Phi) is 11.8. The largest absolute Gasteiger partial charge is 0.467 e. The van der Waals surface area contributed by atoms with E-state index in [9.17, 15) is 9.59 Å². The molecule has 0 aliphatic carbocycles. The Hall–Kier alpha value is -1.53. The van der Waals surface area contributed by atoms with Crippen molar-refractivity contribution in [3.05, 3.63) is 35.9 Å². The molecular weight excluding hydrogens is 350 g/mol. The molecular formula is C20H31NO4S. The van der Waals surface area contributed by atoms with E-state index in [4.69, 9.17) is 9.57 Å². The quantitative estimate of drug-likeness (QED) is 0.295. The van der Waals surface area contributed by atoms with E-state index in [1.165, 1.54) is 12.2 Å². The first-order valence-corrected chi connectivity index (χ1v) is 10.6. The number of unbranched alkanes of at least 4 members (excludes halogenated alkanes) is 2. The fraction of sp³-hybridized carbons (Fsp3) is 0.600. The third kappa shape index (κ3) is 8.23. The molecule has 1 aromatic carbocycles. The number of carbonyl (C=O) groups is 2. The molecule has 0 bridgehead atoms. The van der Waals surface area contributed by atoms with Gasteiger partial charge in [0.2, 0.25) is 5.91 Å². The van der Waals surface area contributed by atoms with Crippen LogP contribution in [0.3, 0.4) is 0 Å². The molecule has 5 nitrogen and oxygen atoms in total. The maximum atomic E-state index is 12.8. The van der Waals surface area contributed by atoms with Gasteiger partial charge in [-0.15, -0.1) is 0 Å². The number of rotatable bonds is 13. The van der Waals surface area contributed by atoms with Gasteiger partial charge in [-0.3, -0.25) is 9.63 Å².